The zero-order valence-electron chi connectivity index (χ0n) is 9.97. The van der Waals surface area contributed by atoms with Gasteiger partial charge in [0.05, 0.1) is 6.42 Å². The molecule has 1 amide bonds. The third-order valence-electron chi connectivity index (χ3n) is 2.64. The van der Waals surface area contributed by atoms with Crippen molar-refractivity contribution >= 4 is 5.91 Å². The molecule has 18 heavy (non-hydrogen) atoms. The van der Waals surface area contributed by atoms with E-state index in [-0.39, 0.29) is 18.1 Å². The highest BCUT2D eigenvalue weighted by Crippen LogP contribution is 2.03. The zero-order chi connectivity index (χ0) is 12.8. The highest BCUT2D eigenvalue weighted by Gasteiger charge is 2.02. The second-order valence-electron chi connectivity index (χ2n) is 4.07. The summed E-state index contributed by atoms with van der Waals surface area (Å²) in [6.07, 6.45) is 4.18. The average molecular weight is 246 g/mol. The van der Waals surface area contributed by atoms with Crippen molar-refractivity contribution in [1.29, 1.82) is 0 Å². The fraction of sp³-hybridized carbons (Fsp3) is 0.214. The normalized spacial score (nSPS) is 10.3. The number of benzene rings is 1. The molecule has 2 aromatic rings. The molecule has 0 saturated heterocycles. The minimum atomic E-state index is -0.285. The Balaban J connectivity index is 1.73. The number of amides is 1. The van der Waals surface area contributed by atoms with Gasteiger partial charge in [0, 0.05) is 25.5 Å². The average Bonchev–Trinajstić information content (AvgIpc) is 2.85. The van der Waals surface area contributed by atoms with E-state index >= 15 is 0 Å². The van der Waals surface area contributed by atoms with Crippen LogP contribution in [0, 0.1) is 5.82 Å². The molecule has 0 bridgehead atoms. The Morgan fingerprint density at radius 3 is 2.50 bits per heavy atom. The number of halogens is 1. The number of carbonyl (C=O) groups excluding carboxylic acids is 1. The summed E-state index contributed by atoms with van der Waals surface area (Å²) in [5, 5.41) is 2.83. The maximum atomic E-state index is 12.7. The van der Waals surface area contributed by atoms with Crippen LogP contribution in [-0.2, 0) is 17.8 Å². The van der Waals surface area contributed by atoms with Crippen molar-refractivity contribution in [2.75, 3.05) is 6.54 Å². The summed E-state index contributed by atoms with van der Waals surface area (Å²) in [4.78, 5) is 11.6. The second kappa shape index (κ2) is 6.00. The standard InChI is InChI=1S/C14H15FN2O/c15-13-5-3-12(4-6-13)11-14(18)16-7-10-17-8-1-2-9-17/h1-6,8-9H,7,10-11H2,(H,16,18). The number of nitrogens with one attached hydrogen (secondary N) is 1. The van der Waals surface area contributed by atoms with Gasteiger partial charge in [0.15, 0.2) is 0 Å². The molecule has 0 fully saturated rings. The van der Waals surface area contributed by atoms with Crippen molar-refractivity contribution in [2.45, 2.75) is 13.0 Å². The van der Waals surface area contributed by atoms with E-state index in [1.807, 2.05) is 29.1 Å². The predicted octanol–water partition coefficient (Wildman–Crippen LogP) is 1.99. The van der Waals surface area contributed by atoms with Crippen LogP contribution < -0.4 is 5.32 Å². The van der Waals surface area contributed by atoms with Gasteiger partial charge in [-0.1, -0.05) is 12.1 Å². The Morgan fingerprint density at radius 1 is 1.17 bits per heavy atom. The molecule has 1 aromatic carbocycles. The topological polar surface area (TPSA) is 34.0 Å². The van der Waals surface area contributed by atoms with Crippen molar-refractivity contribution in [3.63, 3.8) is 0 Å². The first-order valence-corrected chi connectivity index (χ1v) is 5.86. The first kappa shape index (κ1) is 12.4. The van der Waals surface area contributed by atoms with Crippen LogP contribution in [0.3, 0.4) is 0 Å². The molecule has 0 aliphatic rings. The monoisotopic (exact) mass is 246 g/mol. The SMILES string of the molecule is O=C(Cc1ccc(F)cc1)NCCn1cccc1. The van der Waals surface area contributed by atoms with Crippen LogP contribution in [0.25, 0.3) is 0 Å². The maximum absolute atomic E-state index is 12.7. The molecular weight excluding hydrogens is 231 g/mol. The highest BCUT2D eigenvalue weighted by molar-refractivity contribution is 5.78. The summed E-state index contributed by atoms with van der Waals surface area (Å²) in [6, 6.07) is 9.87. The smallest absolute Gasteiger partial charge is 0.224 e. The summed E-state index contributed by atoms with van der Waals surface area (Å²) in [6.45, 7) is 1.34. The molecule has 1 aromatic heterocycles. The molecule has 94 valence electrons. The zero-order valence-corrected chi connectivity index (χ0v) is 9.97. The van der Waals surface area contributed by atoms with Crippen molar-refractivity contribution in [3.05, 3.63) is 60.2 Å². The van der Waals surface area contributed by atoms with Crippen LogP contribution in [0.1, 0.15) is 5.56 Å². The molecular formula is C14H15FN2O. The van der Waals surface area contributed by atoms with E-state index in [0.717, 1.165) is 12.1 Å². The molecule has 0 unspecified atom stereocenters. The Labute approximate surface area is 105 Å². The molecule has 0 atom stereocenters. The van der Waals surface area contributed by atoms with E-state index < -0.39 is 0 Å². The van der Waals surface area contributed by atoms with Gasteiger partial charge < -0.3 is 9.88 Å². The summed E-state index contributed by atoms with van der Waals surface area (Å²) < 4.78 is 14.7. The fourth-order valence-electron chi connectivity index (χ4n) is 1.69. The third kappa shape index (κ3) is 3.73. The number of nitrogens with zero attached hydrogens (tertiary/aromatic N) is 1. The summed E-state index contributed by atoms with van der Waals surface area (Å²) >= 11 is 0. The number of aromatic nitrogens is 1. The molecule has 1 heterocycles. The van der Waals surface area contributed by atoms with Gasteiger partial charge in [0.1, 0.15) is 5.82 Å². The van der Waals surface area contributed by atoms with Crippen LogP contribution in [0.4, 0.5) is 4.39 Å². The molecule has 1 N–H and O–H groups in total. The predicted molar refractivity (Wildman–Crippen MR) is 67.5 cm³/mol. The van der Waals surface area contributed by atoms with Crippen LogP contribution in [-0.4, -0.2) is 17.0 Å². The maximum Gasteiger partial charge on any atom is 0.224 e. The first-order valence-electron chi connectivity index (χ1n) is 5.86. The van der Waals surface area contributed by atoms with Crippen molar-refractivity contribution in [3.8, 4) is 0 Å². The Hall–Kier alpha value is -2.10. The molecule has 0 saturated carbocycles. The number of hydrogen-bond donors (Lipinski definition) is 1. The van der Waals surface area contributed by atoms with Crippen LogP contribution >= 0.6 is 0 Å². The molecule has 0 spiro atoms. The Bertz CT molecular complexity index is 491. The minimum absolute atomic E-state index is 0.0474. The molecule has 3 nitrogen and oxygen atoms in total. The van der Waals surface area contributed by atoms with Crippen molar-refractivity contribution < 1.29 is 9.18 Å². The molecule has 0 aliphatic carbocycles. The number of carbonyl (C=O) groups is 1. The second-order valence-corrected chi connectivity index (χ2v) is 4.07. The van der Waals surface area contributed by atoms with Gasteiger partial charge in [0.2, 0.25) is 5.91 Å². The van der Waals surface area contributed by atoms with Gasteiger partial charge in [-0.15, -0.1) is 0 Å². The molecule has 0 aliphatic heterocycles. The van der Waals surface area contributed by atoms with E-state index in [1.54, 1.807) is 12.1 Å². The lowest BCUT2D eigenvalue weighted by Gasteiger charge is -2.06. The lowest BCUT2D eigenvalue weighted by molar-refractivity contribution is -0.120. The largest absolute Gasteiger partial charge is 0.354 e. The van der Waals surface area contributed by atoms with Crippen molar-refractivity contribution in [1.82, 2.24) is 9.88 Å². The number of hydrogen-bond acceptors (Lipinski definition) is 1. The van der Waals surface area contributed by atoms with Crippen LogP contribution in [0.2, 0.25) is 0 Å². The molecule has 2 rings (SSSR count). The highest BCUT2D eigenvalue weighted by atomic mass is 19.1. The van der Waals surface area contributed by atoms with Gasteiger partial charge in [-0.2, -0.15) is 0 Å². The van der Waals surface area contributed by atoms with E-state index in [2.05, 4.69) is 5.32 Å². The minimum Gasteiger partial charge on any atom is -0.354 e. The Morgan fingerprint density at radius 2 is 1.83 bits per heavy atom. The number of rotatable bonds is 5. The first-order chi connectivity index (χ1) is 8.74. The summed E-state index contributed by atoms with van der Waals surface area (Å²) in [5.74, 6) is -0.333. The van der Waals surface area contributed by atoms with E-state index in [9.17, 15) is 9.18 Å². The van der Waals surface area contributed by atoms with E-state index in [1.165, 1.54) is 12.1 Å². The van der Waals surface area contributed by atoms with E-state index in [0.29, 0.717) is 6.54 Å². The van der Waals surface area contributed by atoms with E-state index in [4.69, 9.17) is 0 Å². The fourth-order valence-corrected chi connectivity index (χ4v) is 1.69. The van der Waals surface area contributed by atoms with Gasteiger partial charge in [0.25, 0.3) is 0 Å². The van der Waals surface area contributed by atoms with Crippen LogP contribution in [0.5, 0.6) is 0 Å². The van der Waals surface area contributed by atoms with Gasteiger partial charge in [-0.3, -0.25) is 4.79 Å². The third-order valence-corrected chi connectivity index (χ3v) is 2.64. The van der Waals surface area contributed by atoms with Gasteiger partial charge >= 0.3 is 0 Å². The summed E-state index contributed by atoms with van der Waals surface area (Å²) in [7, 11) is 0. The Kier molecular flexibility index (Phi) is 4.12. The lowest BCUT2D eigenvalue weighted by Crippen LogP contribution is -2.28. The molecule has 0 radical (unpaired) electrons. The quantitative estimate of drug-likeness (QED) is 0.860. The summed E-state index contributed by atoms with van der Waals surface area (Å²) in [5.41, 5.74) is 0.815. The van der Waals surface area contributed by atoms with Gasteiger partial charge in [-0.25, -0.2) is 4.39 Å². The van der Waals surface area contributed by atoms with Crippen molar-refractivity contribution in [2.24, 2.45) is 0 Å². The van der Waals surface area contributed by atoms with Crippen LogP contribution in [0.15, 0.2) is 48.8 Å². The van der Waals surface area contributed by atoms with Gasteiger partial charge in [-0.05, 0) is 29.8 Å². The lowest BCUT2D eigenvalue weighted by atomic mass is 10.1. The molecule has 4 heteroatoms.